The molecule has 8 heteroatoms. The third-order valence-corrected chi connectivity index (χ3v) is 4.89. The van der Waals surface area contributed by atoms with Gasteiger partial charge in [-0.3, -0.25) is 0 Å². The van der Waals surface area contributed by atoms with E-state index in [0.29, 0.717) is 0 Å². The average molecular weight is 448 g/mol. The highest BCUT2D eigenvalue weighted by Gasteiger charge is 2.58. The van der Waals surface area contributed by atoms with Gasteiger partial charge < -0.3 is 19.7 Å². The Labute approximate surface area is 189 Å². The molecule has 0 radical (unpaired) electrons. The summed E-state index contributed by atoms with van der Waals surface area (Å²) in [6.45, 7) is 1.74. The van der Waals surface area contributed by atoms with Crippen molar-refractivity contribution in [1.82, 2.24) is 0 Å². The molecule has 2 unspecified atom stereocenters. The Kier molecular flexibility index (Phi) is 6.88. The van der Waals surface area contributed by atoms with Gasteiger partial charge in [0.05, 0.1) is 11.1 Å². The van der Waals surface area contributed by atoms with Gasteiger partial charge in [0.25, 0.3) is 11.7 Å². The number of carbonyl (C=O) groups is 4. The molecule has 168 valence electrons. The average Bonchev–Trinajstić information content (AvgIpc) is 2.82. The summed E-state index contributed by atoms with van der Waals surface area (Å²) in [6, 6.07) is 20.6. The van der Waals surface area contributed by atoms with Gasteiger partial charge in [0.1, 0.15) is 0 Å². The van der Waals surface area contributed by atoms with Gasteiger partial charge in [0.15, 0.2) is 0 Å². The highest BCUT2D eigenvalue weighted by Crippen LogP contribution is 2.35. The van der Waals surface area contributed by atoms with Crippen LogP contribution in [0.4, 0.5) is 0 Å². The lowest BCUT2D eigenvalue weighted by Crippen LogP contribution is -2.55. The molecule has 0 aliphatic rings. The van der Waals surface area contributed by atoms with E-state index in [4.69, 9.17) is 9.47 Å². The smallest absolute Gasteiger partial charge is 0.357 e. The molecule has 0 heterocycles. The summed E-state index contributed by atoms with van der Waals surface area (Å²) < 4.78 is 10.5. The van der Waals surface area contributed by atoms with E-state index in [1.165, 1.54) is 72.8 Å². The number of carbonyl (C=O) groups excluding carboxylic acids is 2. The maximum atomic E-state index is 12.9. The Hall–Kier alpha value is -4.46. The van der Waals surface area contributed by atoms with E-state index >= 15 is 0 Å². The molecule has 3 rings (SSSR count). The van der Waals surface area contributed by atoms with E-state index in [9.17, 15) is 29.4 Å². The van der Waals surface area contributed by atoms with Crippen molar-refractivity contribution in [3.8, 4) is 0 Å². The Bertz CT molecular complexity index is 1160. The van der Waals surface area contributed by atoms with Crippen LogP contribution in [0.15, 0.2) is 84.9 Å². The largest absolute Gasteiger partial charge is 0.478 e. The van der Waals surface area contributed by atoms with Crippen LogP contribution in [0, 0.1) is 6.92 Å². The second-order valence-electron chi connectivity index (χ2n) is 7.15. The number of aryl methyl sites for hydroxylation is 1. The zero-order valence-electron chi connectivity index (χ0n) is 17.5. The van der Waals surface area contributed by atoms with Crippen LogP contribution in [0.25, 0.3) is 0 Å². The first-order chi connectivity index (χ1) is 15.8. The SMILES string of the molecule is Cc1ccc(C(OC(=O)c2ccccc2)(C(=O)O)C(OC(=O)c2ccccc2)C(=O)O)cc1. The van der Waals surface area contributed by atoms with Crippen LogP contribution in [-0.4, -0.2) is 40.2 Å². The molecule has 0 aliphatic carbocycles. The van der Waals surface area contributed by atoms with E-state index in [-0.39, 0.29) is 16.7 Å². The van der Waals surface area contributed by atoms with Crippen molar-refractivity contribution in [2.45, 2.75) is 18.6 Å². The fraction of sp³-hybridized carbons (Fsp3) is 0.120. The normalized spacial score (nSPS) is 13.2. The van der Waals surface area contributed by atoms with Gasteiger partial charge in [-0.1, -0.05) is 66.2 Å². The van der Waals surface area contributed by atoms with Crippen LogP contribution in [0.5, 0.6) is 0 Å². The molecule has 33 heavy (non-hydrogen) atoms. The van der Waals surface area contributed by atoms with Crippen molar-refractivity contribution >= 4 is 23.9 Å². The van der Waals surface area contributed by atoms with Crippen LogP contribution in [-0.2, 0) is 24.7 Å². The molecule has 0 fully saturated rings. The molecule has 0 saturated carbocycles. The summed E-state index contributed by atoms with van der Waals surface area (Å²) in [5, 5.41) is 20.1. The van der Waals surface area contributed by atoms with Crippen molar-refractivity contribution in [3.63, 3.8) is 0 Å². The molecule has 0 bridgehead atoms. The molecule has 0 saturated heterocycles. The summed E-state index contributed by atoms with van der Waals surface area (Å²) >= 11 is 0. The van der Waals surface area contributed by atoms with Crippen LogP contribution in [0.2, 0.25) is 0 Å². The first-order valence-corrected chi connectivity index (χ1v) is 9.83. The quantitative estimate of drug-likeness (QED) is 0.502. The number of hydrogen-bond donors (Lipinski definition) is 2. The molecular weight excluding hydrogens is 428 g/mol. The molecule has 0 aliphatic heterocycles. The van der Waals surface area contributed by atoms with Crippen molar-refractivity contribution in [1.29, 1.82) is 0 Å². The Morgan fingerprint density at radius 1 is 0.727 bits per heavy atom. The zero-order chi connectivity index (χ0) is 24.0. The van der Waals surface area contributed by atoms with Crippen LogP contribution in [0.3, 0.4) is 0 Å². The lowest BCUT2D eigenvalue weighted by atomic mass is 9.86. The van der Waals surface area contributed by atoms with Gasteiger partial charge in [-0.15, -0.1) is 0 Å². The fourth-order valence-corrected chi connectivity index (χ4v) is 3.18. The summed E-state index contributed by atoms with van der Waals surface area (Å²) in [7, 11) is 0. The van der Waals surface area contributed by atoms with Crippen molar-refractivity contribution < 1.29 is 38.9 Å². The van der Waals surface area contributed by atoms with Crippen LogP contribution in [0.1, 0.15) is 31.8 Å². The van der Waals surface area contributed by atoms with Gasteiger partial charge in [0, 0.05) is 5.56 Å². The monoisotopic (exact) mass is 448 g/mol. The van der Waals surface area contributed by atoms with E-state index < -0.39 is 35.6 Å². The van der Waals surface area contributed by atoms with Crippen LogP contribution < -0.4 is 0 Å². The summed E-state index contributed by atoms with van der Waals surface area (Å²) in [6.07, 6.45) is -2.39. The van der Waals surface area contributed by atoms with Gasteiger partial charge in [-0.05, 0) is 31.2 Å². The van der Waals surface area contributed by atoms with E-state index in [1.54, 1.807) is 19.1 Å². The summed E-state index contributed by atoms with van der Waals surface area (Å²) in [5.74, 6) is -5.80. The molecule has 0 aromatic heterocycles. The van der Waals surface area contributed by atoms with Crippen molar-refractivity contribution in [2.24, 2.45) is 0 Å². The van der Waals surface area contributed by atoms with Crippen molar-refractivity contribution in [3.05, 3.63) is 107 Å². The minimum atomic E-state index is -2.86. The summed E-state index contributed by atoms with van der Waals surface area (Å²) in [5.41, 5.74) is -2.30. The topological polar surface area (TPSA) is 127 Å². The summed E-state index contributed by atoms with van der Waals surface area (Å²) in [4.78, 5) is 50.4. The Balaban J connectivity index is 2.14. The molecule has 8 nitrogen and oxygen atoms in total. The van der Waals surface area contributed by atoms with Gasteiger partial charge in [-0.2, -0.15) is 0 Å². The Morgan fingerprint density at radius 2 is 1.21 bits per heavy atom. The molecular formula is C25H20O8. The lowest BCUT2D eigenvalue weighted by Gasteiger charge is -2.34. The first-order valence-electron chi connectivity index (χ1n) is 9.83. The van der Waals surface area contributed by atoms with Gasteiger partial charge >= 0.3 is 23.9 Å². The number of carboxylic acids is 2. The predicted octanol–water partition coefficient (Wildman–Crippen LogP) is 3.44. The molecule has 0 spiro atoms. The highest BCUT2D eigenvalue weighted by atomic mass is 16.6. The number of carboxylic acid groups (broad SMARTS) is 2. The molecule has 0 amide bonds. The third kappa shape index (κ3) is 4.90. The highest BCUT2D eigenvalue weighted by molar-refractivity contribution is 5.97. The zero-order valence-corrected chi connectivity index (χ0v) is 17.5. The predicted molar refractivity (Wildman–Crippen MR) is 116 cm³/mol. The molecule has 3 aromatic rings. The number of rotatable bonds is 8. The first kappa shape index (κ1) is 23.2. The third-order valence-electron chi connectivity index (χ3n) is 4.89. The number of ether oxygens (including phenoxy) is 2. The standard InChI is InChI=1S/C25H20O8/c1-16-12-14-19(15-13-16)25(24(30)31,33-23(29)18-10-6-3-7-11-18)20(21(26)27)32-22(28)17-8-4-2-5-9-17/h2-15,20H,1H3,(H,26,27)(H,30,31). The van der Waals surface area contributed by atoms with Gasteiger partial charge in [0.2, 0.25) is 0 Å². The maximum absolute atomic E-state index is 12.9. The second-order valence-corrected chi connectivity index (χ2v) is 7.15. The fourth-order valence-electron chi connectivity index (χ4n) is 3.18. The molecule has 3 aromatic carbocycles. The number of hydrogen-bond acceptors (Lipinski definition) is 6. The van der Waals surface area contributed by atoms with E-state index in [0.717, 1.165) is 5.56 Å². The maximum Gasteiger partial charge on any atom is 0.357 e. The number of benzene rings is 3. The number of aliphatic carboxylic acids is 2. The molecule has 2 N–H and O–H groups in total. The second kappa shape index (κ2) is 9.78. The van der Waals surface area contributed by atoms with Crippen LogP contribution >= 0.6 is 0 Å². The lowest BCUT2D eigenvalue weighted by molar-refractivity contribution is -0.186. The van der Waals surface area contributed by atoms with E-state index in [2.05, 4.69) is 0 Å². The Morgan fingerprint density at radius 3 is 1.67 bits per heavy atom. The minimum absolute atomic E-state index is 0.00123. The van der Waals surface area contributed by atoms with E-state index in [1.807, 2.05) is 0 Å². The van der Waals surface area contributed by atoms with Crippen molar-refractivity contribution in [2.75, 3.05) is 0 Å². The van der Waals surface area contributed by atoms with Gasteiger partial charge in [-0.25, -0.2) is 19.2 Å². The molecule has 2 atom stereocenters. The minimum Gasteiger partial charge on any atom is -0.478 e. The number of esters is 2.